The van der Waals surface area contributed by atoms with Crippen molar-refractivity contribution in [3.63, 3.8) is 0 Å². The molecule has 1 aliphatic heterocycles. The Bertz CT molecular complexity index is 610. The zero-order chi connectivity index (χ0) is 14.1. The van der Waals surface area contributed by atoms with Crippen molar-refractivity contribution < 1.29 is 9.21 Å². The minimum Gasteiger partial charge on any atom is -0.464 e. The lowest BCUT2D eigenvalue weighted by molar-refractivity contribution is 0.0595. The van der Waals surface area contributed by atoms with Gasteiger partial charge in [-0.2, -0.15) is 0 Å². The van der Waals surface area contributed by atoms with E-state index >= 15 is 0 Å². The summed E-state index contributed by atoms with van der Waals surface area (Å²) in [5.41, 5.74) is 1.57. The third-order valence-corrected chi connectivity index (χ3v) is 4.03. The van der Waals surface area contributed by atoms with Crippen molar-refractivity contribution >= 4 is 16.9 Å². The number of benzene rings is 1. The number of carbonyl (C=O) groups excluding carboxylic acids is 1. The molecule has 0 radical (unpaired) electrons. The molecule has 1 amide bonds. The number of piperazine rings is 1. The van der Waals surface area contributed by atoms with Crippen LogP contribution in [0, 0.1) is 0 Å². The molecule has 106 valence electrons. The maximum Gasteiger partial charge on any atom is 0.253 e. The van der Waals surface area contributed by atoms with Crippen molar-refractivity contribution in [1.29, 1.82) is 0 Å². The molecule has 20 heavy (non-hydrogen) atoms. The van der Waals surface area contributed by atoms with Crippen molar-refractivity contribution in [2.45, 2.75) is 19.9 Å². The maximum atomic E-state index is 12.5. The highest BCUT2D eigenvalue weighted by atomic mass is 16.3. The lowest BCUT2D eigenvalue weighted by Crippen LogP contribution is -2.50. The van der Waals surface area contributed by atoms with E-state index < -0.39 is 0 Å². The van der Waals surface area contributed by atoms with Gasteiger partial charge in [-0.15, -0.1) is 0 Å². The summed E-state index contributed by atoms with van der Waals surface area (Å²) in [4.78, 5) is 16.9. The van der Waals surface area contributed by atoms with E-state index in [4.69, 9.17) is 4.42 Å². The Hall–Kier alpha value is -1.81. The number of hydrogen-bond acceptors (Lipinski definition) is 3. The summed E-state index contributed by atoms with van der Waals surface area (Å²) in [5, 5.41) is 0.983. The van der Waals surface area contributed by atoms with E-state index in [1.165, 1.54) is 0 Å². The molecule has 4 nitrogen and oxygen atoms in total. The van der Waals surface area contributed by atoms with Gasteiger partial charge in [0.1, 0.15) is 5.58 Å². The largest absolute Gasteiger partial charge is 0.464 e. The van der Waals surface area contributed by atoms with Crippen LogP contribution in [0.25, 0.3) is 11.0 Å². The number of furan rings is 1. The van der Waals surface area contributed by atoms with Gasteiger partial charge >= 0.3 is 0 Å². The summed E-state index contributed by atoms with van der Waals surface area (Å²) in [6.07, 6.45) is 1.65. The van der Waals surface area contributed by atoms with Crippen LogP contribution in [-0.4, -0.2) is 47.9 Å². The predicted octanol–water partition coefficient (Wildman–Crippen LogP) is 2.60. The number of amides is 1. The molecular weight excluding hydrogens is 252 g/mol. The number of nitrogens with zero attached hydrogens (tertiary/aromatic N) is 2. The number of hydrogen-bond donors (Lipinski definition) is 0. The van der Waals surface area contributed by atoms with Crippen molar-refractivity contribution in [2.75, 3.05) is 26.2 Å². The predicted molar refractivity (Wildman–Crippen MR) is 78.8 cm³/mol. The summed E-state index contributed by atoms with van der Waals surface area (Å²) in [6, 6.07) is 8.07. The van der Waals surface area contributed by atoms with E-state index in [1.807, 2.05) is 29.2 Å². The van der Waals surface area contributed by atoms with E-state index in [-0.39, 0.29) is 5.91 Å². The summed E-state index contributed by atoms with van der Waals surface area (Å²) < 4.78 is 5.31. The van der Waals surface area contributed by atoms with Crippen LogP contribution in [-0.2, 0) is 0 Å². The molecule has 0 saturated carbocycles. The second-order valence-electron chi connectivity index (χ2n) is 5.60. The van der Waals surface area contributed by atoms with E-state index in [9.17, 15) is 4.79 Å². The van der Waals surface area contributed by atoms with Gasteiger partial charge in [0.05, 0.1) is 6.26 Å². The molecule has 1 fully saturated rings. The number of carbonyl (C=O) groups is 1. The van der Waals surface area contributed by atoms with Crippen LogP contribution in [0.4, 0.5) is 0 Å². The third-order valence-electron chi connectivity index (χ3n) is 4.03. The molecule has 2 aromatic rings. The fourth-order valence-electron chi connectivity index (χ4n) is 2.72. The molecule has 1 aromatic carbocycles. The minimum atomic E-state index is 0.122. The molecule has 0 atom stereocenters. The Morgan fingerprint density at radius 3 is 2.60 bits per heavy atom. The number of fused-ring (bicyclic) bond motifs is 1. The molecule has 2 heterocycles. The molecule has 1 aromatic heterocycles. The molecule has 0 spiro atoms. The van der Waals surface area contributed by atoms with Crippen LogP contribution in [0.5, 0.6) is 0 Å². The smallest absolute Gasteiger partial charge is 0.253 e. The zero-order valence-electron chi connectivity index (χ0n) is 12.0. The molecule has 0 bridgehead atoms. The molecule has 3 rings (SSSR count). The fourth-order valence-corrected chi connectivity index (χ4v) is 2.72. The maximum absolute atomic E-state index is 12.5. The molecular formula is C16H20N2O2. The normalized spacial score (nSPS) is 17.1. The van der Waals surface area contributed by atoms with E-state index in [0.717, 1.165) is 42.7 Å². The molecule has 4 heteroatoms. The van der Waals surface area contributed by atoms with Crippen molar-refractivity contribution in [3.8, 4) is 0 Å². The SMILES string of the molecule is CC(C)N1CCN(C(=O)c2ccc3occc3c2)CC1. The quantitative estimate of drug-likeness (QED) is 0.843. The van der Waals surface area contributed by atoms with Gasteiger partial charge < -0.3 is 9.32 Å². The zero-order valence-corrected chi connectivity index (χ0v) is 12.0. The van der Waals surface area contributed by atoms with E-state index in [2.05, 4.69) is 18.7 Å². The van der Waals surface area contributed by atoms with Gasteiger partial charge in [0.25, 0.3) is 5.91 Å². The van der Waals surface area contributed by atoms with Gasteiger partial charge in [0.2, 0.25) is 0 Å². The van der Waals surface area contributed by atoms with E-state index in [0.29, 0.717) is 6.04 Å². The third kappa shape index (κ3) is 2.43. The molecule has 1 aliphatic rings. The summed E-state index contributed by atoms with van der Waals surface area (Å²) >= 11 is 0. The first kappa shape index (κ1) is 13.2. The van der Waals surface area contributed by atoms with Crippen molar-refractivity contribution in [1.82, 2.24) is 9.80 Å². The van der Waals surface area contributed by atoms with Gasteiger partial charge in [-0.05, 0) is 38.1 Å². The van der Waals surface area contributed by atoms with Crippen LogP contribution in [0.15, 0.2) is 34.9 Å². The van der Waals surface area contributed by atoms with Gasteiger partial charge in [-0.1, -0.05) is 0 Å². The second-order valence-corrected chi connectivity index (χ2v) is 5.60. The standard InChI is InChI=1S/C16H20N2O2/c1-12(2)17-6-8-18(9-7-17)16(19)14-3-4-15-13(11-14)5-10-20-15/h3-5,10-12H,6-9H2,1-2H3. The molecule has 0 N–H and O–H groups in total. The van der Waals surface area contributed by atoms with Gasteiger partial charge in [-0.3, -0.25) is 9.69 Å². The minimum absolute atomic E-state index is 0.122. The number of rotatable bonds is 2. The fraction of sp³-hybridized carbons (Fsp3) is 0.438. The van der Waals surface area contributed by atoms with Crippen LogP contribution in [0.3, 0.4) is 0 Å². The Balaban J connectivity index is 1.73. The lowest BCUT2D eigenvalue weighted by atomic mass is 10.1. The molecule has 1 saturated heterocycles. The highest BCUT2D eigenvalue weighted by Crippen LogP contribution is 2.18. The Morgan fingerprint density at radius 2 is 1.90 bits per heavy atom. The van der Waals surface area contributed by atoms with Gasteiger partial charge in [-0.25, -0.2) is 0 Å². The lowest BCUT2D eigenvalue weighted by Gasteiger charge is -2.36. The van der Waals surface area contributed by atoms with Gasteiger partial charge in [0, 0.05) is 43.2 Å². The van der Waals surface area contributed by atoms with Crippen LogP contribution in [0.1, 0.15) is 24.2 Å². The summed E-state index contributed by atoms with van der Waals surface area (Å²) in [5.74, 6) is 0.122. The molecule has 0 unspecified atom stereocenters. The van der Waals surface area contributed by atoms with Gasteiger partial charge in [0.15, 0.2) is 0 Å². The summed E-state index contributed by atoms with van der Waals surface area (Å²) in [6.45, 7) is 7.92. The van der Waals surface area contributed by atoms with Crippen LogP contribution < -0.4 is 0 Å². The Morgan fingerprint density at radius 1 is 1.15 bits per heavy atom. The first-order chi connectivity index (χ1) is 9.65. The highest BCUT2D eigenvalue weighted by Gasteiger charge is 2.23. The second kappa shape index (κ2) is 5.29. The first-order valence-electron chi connectivity index (χ1n) is 7.16. The highest BCUT2D eigenvalue weighted by molar-refractivity contribution is 5.97. The molecule has 0 aliphatic carbocycles. The first-order valence-corrected chi connectivity index (χ1v) is 7.16. The van der Waals surface area contributed by atoms with Crippen molar-refractivity contribution in [3.05, 3.63) is 36.1 Å². The van der Waals surface area contributed by atoms with Crippen molar-refractivity contribution in [2.24, 2.45) is 0 Å². The topological polar surface area (TPSA) is 36.7 Å². The monoisotopic (exact) mass is 272 g/mol. The van der Waals surface area contributed by atoms with Crippen LogP contribution in [0.2, 0.25) is 0 Å². The average Bonchev–Trinajstić information content (AvgIpc) is 2.94. The van der Waals surface area contributed by atoms with Crippen LogP contribution >= 0.6 is 0 Å². The average molecular weight is 272 g/mol. The Labute approximate surface area is 119 Å². The Kier molecular flexibility index (Phi) is 3.49. The van der Waals surface area contributed by atoms with E-state index in [1.54, 1.807) is 6.26 Å². The summed E-state index contributed by atoms with van der Waals surface area (Å²) in [7, 11) is 0.